The maximum absolute atomic E-state index is 10.9. The van der Waals surface area contributed by atoms with E-state index in [0.717, 1.165) is 18.8 Å². The van der Waals surface area contributed by atoms with E-state index in [-0.39, 0.29) is 5.97 Å². The van der Waals surface area contributed by atoms with Gasteiger partial charge in [-0.15, -0.1) is 0 Å². The van der Waals surface area contributed by atoms with Gasteiger partial charge in [-0.25, -0.2) is 4.79 Å². The molecular formula is C14H22O2. The van der Waals surface area contributed by atoms with Gasteiger partial charge in [0.25, 0.3) is 0 Å². The van der Waals surface area contributed by atoms with Crippen molar-refractivity contribution in [1.82, 2.24) is 0 Å². The molecule has 0 bridgehead atoms. The summed E-state index contributed by atoms with van der Waals surface area (Å²) in [5, 5.41) is 0. The molecule has 0 aromatic heterocycles. The third kappa shape index (κ3) is 3.84. The molecular weight excluding hydrogens is 200 g/mol. The van der Waals surface area contributed by atoms with Crippen molar-refractivity contribution in [3.8, 4) is 0 Å². The van der Waals surface area contributed by atoms with Crippen molar-refractivity contribution in [2.45, 2.75) is 40.0 Å². The van der Waals surface area contributed by atoms with Gasteiger partial charge in [-0.3, -0.25) is 0 Å². The molecule has 0 aliphatic heterocycles. The summed E-state index contributed by atoms with van der Waals surface area (Å²) >= 11 is 0. The number of methoxy groups -OCH3 is 1. The van der Waals surface area contributed by atoms with E-state index in [9.17, 15) is 4.79 Å². The number of hydrogen-bond acceptors (Lipinski definition) is 2. The summed E-state index contributed by atoms with van der Waals surface area (Å²) in [7, 11) is 1.40. The lowest BCUT2D eigenvalue weighted by atomic mass is 9.73. The number of hydrogen-bond donors (Lipinski definition) is 0. The summed E-state index contributed by atoms with van der Waals surface area (Å²) < 4.78 is 4.56. The number of allylic oxidation sites excluding steroid dienone is 3. The highest BCUT2D eigenvalue weighted by Gasteiger charge is 2.25. The van der Waals surface area contributed by atoms with E-state index in [1.165, 1.54) is 25.2 Å². The van der Waals surface area contributed by atoms with Crippen LogP contribution in [0.5, 0.6) is 0 Å². The molecule has 0 radical (unpaired) electrons. The highest BCUT2D eigenvalue weighted by molar-refractivity contribution is 5.82. The number of ether oxygens (including phenoxy) is 1. The summed E-state index contributed by atoms with van der Waals surface area (Å²) in [5.74, 6) is 0.474. The molecule has 0 N–H and O–H groups in total. The maximum Gasteiger partial charge on any atom is 0.330 e. The van der Waals surface area contributed by atoms with E-state index in [1.54, 1.807) is 0 Å². The Balaban J connectivity index is 2.53. The normalized spacial score (nSPS) is 22.0. The number of carbonyl (C=O) groups is 1. The first-order valence-corrected chi connectivity index (χ1v) is 5.88. The van der Waals surface area contributed by atoms with Gasteiger partial charge in [-0.1, -0.05) is 38.5 Å². The van der Waals surface area contributed by atoms with Crippen LogP contribution in [0.25, 0.3) is 0 Å². The van der Waals surface area contributed by atoms with E-state index >= 15 is 0 Å². The molecule has 0 fully saturated rings. The zero-order valence-electron chi connectivity index (χ0n) is 10.7. The Morgan fingerprint density at radius 2 is 2.19 bits per heavy atom. The van der Waals surface area contributed by atoms with Gasteiger partial charge in [0.15, 0.2) is 0 Å². The molecule has 0 saturated carbocycles. The Bertz CT molecular complexity index is 305. The molecule has 0 heterocycles. The van der Waals surface area contributed by atoms with Gasteiger partial charge in [0, 0.05) is 6.08 Å². The van der Waals surface area contributed by atoms with Crippen LogP contribution < -0.4 is 0 Å². The molecule has 2 heteroatoms. The second-order valence-electron chi connectivity index (χ2n) is 5.47. The molecule has 0 amide bonds. The molecule has 16 heavy (non-hydrogen) atoms. The molecule has 1 atom stereocenters. The van der Waals surface area contributed by atoms with Crippen molar-refractivity contribution in [2.24, 2.45) is 11.3 Å². The highest BCUT2D eigenvalue weighted by atomic mass is 16.5. The van der Waals surface area contributed by atoms with Crippen LogP contribution in [0.4, 0.5) is 0 Å². The van der Waals surface area contributed by atoms with E-state index < -0.39 is 0 Å². The average Bonchev–Trinajstić information content (AvgIpc) is 2.25. The molecule has 1 aliphatic carbocycles. The van der Waals surface area contributed by atoms with E-state index in [1.807, 2.05) is 6.08 Å². The first-order chi connectivity index (χ1) is 7.43. The maximum atomic E-state index is 10.9. The van der Waals surface area contributed by atoms with Gasteiger partial charge in [0.2, 0.25) is 0 Å². The predicted molar refractivity (Wildman–Crippen MR) is 66.0 cm³/mol. The minimum Gasteiger partial charge on any atom is -0.466 e. The van der Waals surface area contributed by atoms with Gasteiger partial charge >= 0.3 is 5.97 Å². The topological polar surface area (TPSA) is 26.3 Å². The predicted octanol–water partition coefficient (Wildman–Crippen LogP) is 3.49. The van der Waals surface area contributed by atoms with Crippen molar-refractivity contribution in [3.63, 3.8) is 0 Å². The Morgan fingerprint density at radius 3 is 2.62 bits per heavy atom. The Labute approximate surface area is 98.4 Å². The van der Waals surface area contributed by atoms with E-state index in [4.69, 9.17) is 0 Å². The van der Waals surface area contributed by atoms with Crippen LogP contribution >= 0.6 is 0 Å². The smallest absolute Gasteiger partial charge is 0.330 e. The van der Waals surface area contributed by atoms with E-state index in [2.05, 4.69) is 31.6 Å². The molecule has 1 aliphatic rings. The summed E-state index contributed by atoms with van der Waals surface area (Å²) in [4.78, 5) is 10.9. The third-order valence-corrected chi connectivity index (χ3v) is 3.31. The largest absolute Gasteiger partial charge is 0.466 e. The molecule has 0 spiro atoms. The van der Waals surface area contributed by atoms with Crippen molar-refractivity contribution < 1.29 is 9.53 Å². The molecule has 0 aromatic carbocycles. The van der Waals surface area contributed by atoms with Gasteiger partial charge < -0.3 is 4.74 Å². The number of rotatable bonds is 2. The van der Waals surface area contributed by atoms with Crippen molar-refractivity contribution in [3.05, 3.63) is 23.8 Å². The first kappa shape index (κ1) is 13.0. The van der Waals surface area contributed by atoms with Crippen LogP contribution in [0, 0.1) is 11.3 Å². The van der Waals surface area contributed by atoms with Crippen LogP contribution in [0.2, 0.25) is 0 Å². The van der Waals surface area contributed by atoms with E-state index in [0.29, 0.717) is 5.41 Å². The van der Waals surface area contributed by atoms with Crippen LogP contribution in [-0.4, -0.2) is 13.1 Å². The van der Waals surface area contributed by atoms with Crippen LogP contribution in [-0.2, 0) is 9.53 Å². The SMILES string of the molecule is COC(=O)/C=C/C1=CCC(C(C)(C)C)CC1. The first-order valence-electron chi connectivity index (χ1n) is 5.88. The van der Waals surface area contributed by atoms with Gasteiger partial charge in [0.1, 0.15) is 0 Å². The van der Waals surface area contributed by atoms with Gasteiger partial charge in [-0.2, -0.15) is 0 Å². The minimum atomic E-state index is -0.279. The lowest BCUT2D eigenvalue weighted by Crippen LogP contribution is -2.21. The zero-order valence-corrected chi connectivity index (χ0v) is 10.7. The molecule has 90 valence electrons. The van der Waals surface area contributed by atoms with Crippen LogP contribution in [0.3, 0.4) is 0 Å². The zero-order chi connectivity index (χ0) is 12.2. The summed E-state index contributed by atoms with van der Waals surface area (Å²) in [6, 6.07) is 0. The molecule has 0 aromatic rings. The van der Waals surface area contributed by atoms with Crippen LogP contribution in [0.15, 0.2) is 23.8 Å². The lowest BCUT2D eigenvalue weighted by molar-refractivity contribution is -0.134. The fraction of sp³-hybridized carbons (Fsp3) is 0.643. The molecule has 0 saturated heterocycles. The van der Waals surface area contributed by atoms with Crippen LogP contribution in [0.1, 0.15) is 40.0 Å². The summed E-state index contributed by atoms with van der Waals surface area (Å²) in [6.07, 6.45) is 9.02. The molecule has 2 nitrogen and oxygen atoms in total. The Hall–Kier alpha value is -1.05. The fourth-order valence-corrected chi connectivity index (χ4v) is 2.04. The van der Waals surface area contributed by atoms with Crippen molar-refractivity contribution in [2.75, 3.05) is 7.11 Å². The monoisotopic (exact) mass is 222 g/mol. The standard InChI is InChI=1S/C14H22O2/c1-14(2,3)12-8-5-11(6-9-12)7-10-13(15)16-4/h5,7,10,12H,6,8-9H2,1-4H3/b10-7+. The van der Waals surface area contributed by atoms with Crippen molar-refractivity contribution in [1.29, 1.82) is 0 Å². The number of carbonyl (C=O) groups excluding carboxylic acids is 1. The Morgan fingerprint density at radius 1 is 1.50 bits per heavy atom. The third-order valence-electron chi connectivity index (χ3n) is 3.31. The number of esters is 1. The second kappa shape index (κ2) is 5.33. The Kier molecular flexibility index (Phi) is 4.34. The molecule has 1 unspecified atom stereocenters. The minimum absolute atomic E-state index is 0.279. The lowest BCUT2D eigenvalue weighted by Gasteiger charge is -2.32. The van der Waals surface area contributed by atoms with Crippen molar-refractivity contribution >= 4 is 5.97 Å². The summed E-state index contributed by atoms with van der Waals surface area (Å²) in [5.41, 5.74) is 1.64. The fourth-order valence-electron chi connectivity index (χ4n) is 2.04. The van der Waals surface area contributed by atoms with Gasteiger partial charge in [0.05, 0.1) is 7.11 Å². The molecule has 1 rings (SSSR count). The quantitative estimate of drug-likeness (QED) is 0.528. The average molecular weight is 222 g/mol. The highest BCUT2D eigenvalue weighted by Crippen LogP contribution is 2.37. The second-order valence-corrected chi connectivity index (χ2v) is 5.47. The summed E-state index contributed by atoms with van der Waals surface area (Å²) in [6.45, 7) is 6.88. The van der Waals surface area contributed by atoms with Gasteiger partial charge in [-0.05, 0) is 30.6 Å².